The molecule has 0 unspecified atom stereocenters. The molecule has 5 atom stereocenters. The van der Waals surface area contributed by atoms with Gasteiger partial charge in [-0.15, -0.1) is 0 Å². The van der Waals surface area contributed by atoms with E-state index >= 15 is 0 Å². The zero-order valence-electron chi connectivity index (χ0n) is 20.5. The van der Waals surface area contributed by atoms with E-state index < -0.39 is 30.3 Å². The molecule has 0 bridgehead atoms. The first-order valence-corrected chi connectivity index (χ1v) is 12.4. The molecule has 0 aromatic heterocycles. The van der Waals surface area contributed by atoms with Crippen molar-refractivity contribution in [2.24, 2.45) is 0 Å². The summed E-state index contributed by atoms with van der Waals surface area (Å²) in [6, 6.07) is 17.9. The van der Waals surface area contributed by atoms with E-state index in [2.05, 4.69) is 0 Å². The minimum atomic E-state index is -1.23. The average molecular weight is 531 g/mol. The number of aliphatic hydroxyl groups is 2. The van der Waals surface area contributed by atoms with E-state index in [9.17, 15) is 35.7 Å². The van der Waals surface area contributed by atoms with E-state index in [1.165, 1.54) is 48.5 Å². The Kier molecular flexibility index (Phi) is 5.90. The number of aromatic hydroxyl groups is 5. The van der Waals surface area contributed by atoms with Crippen LogP contribution in [-0.2, 0) is 6.42 Å². The second-order valence-corrected chi connectivity index (χ2v) is 9.87. The van der Waals surface area contributed by atoms with E-state index in [4.69, 9.17) is 9.47 Å². The Morgan fingerprint density at radius 3 is 2.05 bits per heavy atom. The van der Waals surface area contributed by atoms with Gasteiger partial charge in [0.25, 0.3) is 0 Å². The van der Waals surface area contributed by atoms with Crippen LogP contribution in [0.25, 0.3) is 0 Å². The van der Waals surface area contributed by atoms with Crippen molar-refractivity contribution in [3.8, 4) is 40.2 Å². The molecule has 0 saturated carbocycles. The third-order valence-corrected chi connectivity index (χ3v) is 7.38. The van der Waals surface area contributed by atoms with Gasteiger partial charge < -0.3 is 45.2 Å². The minimum absolute atomic E-state index is 0.0424. The summed E-state index contributed by atoms with van der Waals surface area (Å²) < 4.78 is 12.4. The van der Waals surface area contributed by atoms with Gasteiger partial charge in [0.15, 0.2) is 17.6 Å². The van der Waals surface area contributed by atoms with Crippen LogP contribution in [0.4, 0.5) is 0 Å². The molecule has 39 heavy (non-hydrogen) atoms. The van der Waals surface area contributed by atoms with Gasteiger partial charge in [-0.3, -0.25) is 0 Å². The van der Waals surface area contributed by atoms with Crippen molar-refractivity contribution >= 4 is 0 Å². The highest BCUT2D eigenvalue weighted by atomic mass is 16.5. The number of aliphatic hydroxyl groups excluding tert-OH is 2. The second-order valence-electron chi connectivity index (χ2n) is 9.87. The molecule has 0 aliphatic carbocycles. The Bertz CT molecular complexity index is 1550. The number of fused-ring (bicyclic) bond motifs is 2. The van der Waals surface area contributed by atoms with Gasteiger partial charge in [-0.05, 0) is 53.1 Å². The van der Waals surface area contributed by atoms with Crippen LogP contribution in [0.1, 0.15) is 45.9 Å². The summed E-state index contributed by atoms with van der Waals surface area (Å²) in [6.45, 7) is 0. The molecule has 2 aliphatic heterocycles. The predicted molar refractivity (Wildman–Crippen MR) is 138 cm³/mol. The molecule has 4 aromatic rings. The number of hydrogen-bond donors (Lipinski definition) is 7. The number of phenols is 5. The number of benzene rings is 4. The van der Waals surface area contributed by atoms with Gasteiger partial charge >= 0.3 is 0 Å². The summed E-state index contributed by atoms with van der Waals surface area (Å²) >= 11 is 0. The van der Waals surface area contributed by atoms with Gasteiger partial charge in [0.2, 0.25) is 0 Å². The molecule has 0 amide bonds. The average Bonchev–Trinajstić information content (AvgIpc) is 2.91. The normalized spacial score (nSPS) is 23.7. The molecule has 2 aliphatic rings. The third-order valence-electron chi connectivity index (χ3n) is 7.38. The van der Waals surface area contributed by atoms with Gasteiger partial charge in [-0.1, -0.05) is 30.3 Å². The van der Waals surface area contributed by atoms with Crippen molar-refractivity contribution in [3.05, 3.63) is 101 Å². The maximum Gasteiger partial charge on any atom is 0.157 e. The molecule has 4 aromatic carbocycles. The fourth-order valence-electron chi connectivity index (χ4n) is 5.48. The molecule has 9 heteroatoms. The summed E-state index contributed by atoms with van der Waals surface area (Å²) in [5.41, 5.74) is 2.37. The largest absolute Gasteiger partial charge is 0.508 e. The van der Waals surface area contributed by atoms with Gasteiger partial charge in [-0.25, -0.2) is 0 Å². The summed E-state index contributed by atoms with van der Waals surface area (Å²) in [5, 5.41) is 73.5. The van der Waals surface area contributed by atoms with E-state index in [-0.39, 0.29) is 46.5 Å². The van der Waals surface area contributed by atoms with Crippen LogP contribution < -0.4 is 9.47 Å². The monoisotopic (exact) mass is 530 g/mol. The lowest BCUT2D eigenvalue weighted by atomic mass is 9.78. The molecule has 0 spiro atoms. The summed E-state index contributed by atoms with van der Waals surface area (Å²) in [7, 11) is 0. The summed E-state index contributed by atoms with van der Waals surface area (Å²) in [6.07, 6.45) is -3.91. The topological polar surface area (TPSA) is 160 Å². The lowest BCUT2D eigenvalue weighted by Crippen LogP contribution is -2.36. The van der Waals surface area contributed by atoms with Crippen molar-refractivity contribution in [3.63, 3.8) is 0 Å². The van der Waals surface area contributed by atoms with Crippen molar-refractivity contribution < 1.29 is 45.2 Å². The summed E-state index contributed by atoms with van der Waals surface area (Å²) in [4.78, 5) is 0. The summed E-state index contributed by atoms with van der Waals surface area (Å²) in [5.74, 6) is -1.11. The van der Waals surface area contributed by atoms with E-state index in [0.717, 1.165) is 0 Å². The first kappa shape index (κ1) is 24.7. The van der Waals surface area contributed by atoms with Crippen LogP contribution in [0.3, 0.4) is 0 Å². The molecule has 0 saturated heterocycles. The van der Waals surface area contributed by atoms with Crippen molar-refractivity contribution in [1.29, 1.82) is 0 Å². The van der Waals surface area contributed by atoms with E-state index in [1.54, 1.807) is 24.3 Å². The number of ether oxygens (including phenoxy) is 2. The van der Waals surface area contributed by atoms with Gasteiger partial charge in [-0.2, -0.15) is 0 Å². The lowest BCUT2D eigenvalue weighted by molar-refractivity contribution is 0.00220. The molecule has 6 rings (SSSR count). The minimum Gasteiger partial charge on any atom is -0.508 e. The van der Waals surface area contributed by atoms with Gasteiger partial charge in [0.05, 0.1) is 6.10 Å². The predicted octanol–water partition coefficient (Wildman–Crippen LogP) is 3.88. The van der Waals surface area contributed by atoms with Crippen LogP contribution in [0, 0.1) is 0 Å². The Morgan fingerprint density at radius 2 is 1.31 bits per heavy atom. The van der Waals surface area contributed by atoms with Crippen LogP contribution >= 0.6 is 0 Å². The fourth-order valence-corrected chi connectivity index (χ4v) is 5.48. The highest BCUT2D eigenvalue weighted by Gasteiger charge is 2.44. The van der Waals surface area contributed by atoms with Crippen LogP contribution in [0.15, 0.2) is 72.8 Å². The van der Waals surface area contributed by atoms with Crippen molar-refractivity contribution in [2.75, 3.05) is 0 Å². The molecule has 0 fully saturated rings. The molecule has 0 radical (unpaired) electrons. The Hall–Kier alpha value is -4.60. The first-order valence-electron chi connectivity index (χ1n) is 12.4. The number of phenolic OH excluding ortho intramolecular Hbond substituents is 5. The second kappa shape index (κ2) is 9.30. The third kappa shape index (κ3) is 4.21. The highest BCUT2D eigenvalue weighted by molar-refractivity contribution is 5.60. The number of hydrogen-bond acceptors (Lipinski definition) is 9. The molecule has 9 nitrogen and oxygen atoms in total. The fraction of sp³-hybridized carbons (Fsp3) is 0.200. The highest BCUT2D eigenvalue weighted by Crippen LogP contribution is 2.53. The van der Waals surface area contributed by atoms with Crippen LogP contribution in [0.5, 0.6) is 40.2 Å². The molecule has 7 N–H and O–H groups in total. The molecule has 2 heterocycles. The zero-order valence-corrected chi connectivity index (χ0v) is 20.5. The smallest absolute Gasteiger partial charge is 0.157 e. The number of rotatable bonds is 3. The quantitative estimate of drug-likeness (QED) is 0.195. The molecule has 200 valence electrons. The SMILES string of the molecule is Oc1ccc([C@H]2Oc3cc(O)ccc3[C@@H](c3c(O)ccc4c3O[C@@H](c3ccc(O)c(O)c3)[C@@H](O)C4)[C@@H]2O)cc1. The Balaban J connectivity index is 1.50. The molecular formula is C30H26O9. The van der Waals surface area contributed by atoms with E-state index in [1.807, 2.05) is 0 Å². The maximum absolute atomic E-state index is 11.7. The van der Waals surface area contributed by atoms with Crippen LogP contribution in [0.2, 0.25) is 0 Å². The molecular weight excluding hydrogens is 504 g/mol. The standard InChI is InChI=1S/C30H26O9/c31-17-5-1-14(2-6-17)30-27(37)25(19-8-7-18(32)13-24(19)38-30)26-21(34)10-4-16-12-23(36)28(39-29(16)26)15-3-9-20(33)22(35)11-15/h1-11,13,23,25,27-28,30-37H,12H2/t23-,25-,27-,28-,30+/m0/s1. The Labute approximate surface area is 223 Å². The maximum atomic E-state index is 11.7. The van der Waals surface area contributed by atoms with Crippen molar-refractivity contribution in [2.45, 2.75) is 36.8 Å². The Morgan fingerprint density at radius 1 is 0.615 bits per heavy atom. The van der Waals surface area contributed by atoms with Gasteiger partial charge in [0.1, 0.15) is 41.0 Å². The van der Waals surface area contributed by atoms with Crippen LogP contribution in [-0.4, -0.2) is 48.0 Å². The van der Waals surface area contributed by atoms with Gasteiger partial charge in [0, 0.05) is 29.5 Å². The first-order chi connectivity index (χ1) is 18.7. The zero-order chi connectivity index (χ0) is 27.4. The van der Waals surface area contributed by atoms with E-state index in [0.29, 0.717) is 28.0 Å². The lowest BCUT2D eigenvalue weighted by Gasteiger charge is -2.40. The van der Waals surface area contributed by atoms with Crippen molar-refractivity contribution in [1.82, 2.24) is 0 Å².